The molecule has 0 aromatic carbocycles. The molecule has 0 fully saturated rings. The number of hydrogen-bond acceptors (Lipinski definition) is 3. The Kier molecular flexibility index (Phi) is 17.1. The van der Waals surface area contributed by atoms with Crippen LogP contribution in [0.3, 0.4) is 0 Å². The standard InChI is InChI=1S/C11H22O2.C3H6O2/c1-3-5-6-7-8-9-10-13-11(12)4-2;1-2-3(4)5/h3-10H2,1-2H3;2H2,1H3,(H,4,5). The Morgan fingerprint density at radius 2 is 1.39 bits per heavy atom. The van der Waals surface area contributed by atoms with E-state index in [2.05, 4.69) is 6.92 Å². The van der Waals surface area contributed by atoms with Crippen LogP contribution in [-0.2, 0) is 14.3 Å². The predicted octanol–water partition coefficient (Wildman–Crippen LogP) is 3.78. The number of carbonyl (C=O) groups is 2. The van der Waals surface area contributed by atoms with E-state index in [0.717, 1.165) is 6.42 Å². The first-order chi connectivity index (χ1) is 8.58. The SMILES string of the molecule is CCC(=O)O.CCCCCCCCOC(=O)CC. The van der Waals surface area contributed by atoms with Crippen molar-refractivity contribution in [1.29, 1.82) is 0 Å². The van der Waals surface area contributed by atoms with E-state index < -0.39 is 5.97 Å². The Labute approximate surface area is 111 Å². The van der Waals surface area contributed by atoms with E-state index in [1.807, 2.05) is 6.92 Å². The molecule has 0 rings (SSSR count). The summed E-state index contributed by atoms with van der Waals surface area (Å²) in [5.41, 5.74) is 0. The van der Waals surface area contributed by atoms with Crippen LogP contribution in [0, 0.1) is 0 Å². The van der Waals surface area contributed by atoms with Crippen LogP contribution < -0.4 is 0 Å². The molecule has 0 saturated heterocycles. The molecule has 0 aromatic rings. The summed E-state index contributed by atoms with van der Waals surface area (Å²) in [6.45, 7) is 6.24. The van der Waals surface area contributed by atoms with Crippen molar-refractivity contribution in [3.63, 3.8) is 0 Å². The fraction of sp³-hybridized carbons (Fsp3) is 0.857. The quantitative estimate of drug-likeness (QED) is 0.506. The van der Waals surface area contributed by atoms with E-state index in [-0.39, 0.29) is 12.4 Å². The number of carboxylic acid groups (broad SMARTS) is 1. The van der Waals surface area contributed by atoms with Gasteiger partial charge in [0.05, 0.1) is 6.61 Å². The lowest BCUT2D eigenvalue weighted by atomic mass is 10.1. The van der Waals surface area contributed by atoms with Crippen LogP contribution in [0.5, 0.6) is 0 Å². The van der Waals surface area contributed by atoms with E-state index in [1.165, 1.54) is 32.1 Å². The van der Waals surface area contributed by atoms with Gasteiger partial charge in [0, 0.05) is 12.8 Å². The molecule has 0 saturated carbocycles. The van der Waals surface area contributed by atoms with Crippen LogP contribution in [0.1, 0.15) is 72.1 Å². The summed E-state index contributed by atoms with van der Waals surface area (Å²) in [6, 6.07) is 0. The number of esters is 1. The molecule has 108 valence electrons. The Balaban J connectivity index is 0. The first-order valence-corrected chi connectivity index (χ1v) is 6.95. The molecule has 0 unspecified atom stereocenters. The number of carbonyl (C=O) groups excluding carboxylic acids is 1. The fourth-order valence-electron chi connectivity index (χ4n) is 1.17. The van der Waals surface area contributed by atoms with E-state index in [4.69, 9.17) is 9.84 Å². The highest BCUT2D eigenvalue weighted by Gasteiger charge is 1.96. The number of rotatable bonds is 9. The number of hydrogen-bond donors (Lipinski definition) is 1. The maximum absolute atomic E-state index is 10.7. The summed E-state index contributed by atoms with van der Waals surface area (Å²) < 4.78 is 4.96. The van der Waals surface area contributed by atoms with Gasteiger partial charge in [0.15, 0.2) is 0 Å². The molecule has 18 heavy (non-hydrogen) atoms. The second-order valence-corrected chi connectivity index (χ2v) is 4.09. The van der Waals surface area contributed by atoms with Crippen molar-refractivity contribution in [2.75, 3.05) is 6.61 Å². The maximum Gasteiger partial charge on any atom is 0.305 e. The molecule has 1 N–H and O–H groups in total. The summed E-state index contributed by atoms with van der Waals surface area (Å²) in [5.74, 6) is -0.821. The molecule has 0 aliphatic rings. The van der Waals surface area contributed by atoms with Gasteiger partial charge in [-0.1, -0.05) is 52.9 Å². The van der Waals surface area contributed by atoms with Crippen molar-refractivity contribution in [2.45, 2.75) is 72.1 Å². The zero-order chi connectivity index (χ0) is 14.2. The van der Waals surface area contributed by atoms with Crippen LogP contribution >= 0.6 is 0 Å². The topological polar surface area (TPSA) is 63.6 Å². The molecule has 0 spiro atoms. The van der Waals surface area contributed by atoms with Crippen LogP contribution in [0.15, 0.2) is 0 Å². The minimum atomic E-state index is -0.745. The van der Waals surface area contributed by atoms with Gasteiger partial charge in [0.1, 0.15) is 0 Å². The average Bonchev–Trinajstić information content (AvgIpc) is 2.38. The van der Waals surface area contributed by atoms with Crippen molar-refractivity contribution in [2.24, 2.45) is 0 Å². The van der Waals surface area contributed by atoms with Crippen LogP contribution in [0.4, 0.5) is 0 Å². The third kappa shape index (κ3) is 20.4. The highest BCUT2D eigenvalue weighted by Crippen LogP contribution is 2.04. The molecule has 0 aromatic heterocycles. The molecule has 4 heteroatoms. The van der Waals surface area contributed by atoms with Gasteiger partial charge < -0.3 is 9.84 Å². The van der Waals surface area contributed by atoms with Crippen molar-refractivity contribution < 1.29 is 19.4 Å². The zero-order valence-electron chi connectivity index (χ0n) is 12.0. The first kappa shape index (κ1) is 19.3. The van der Waals surface area contributed by atoms with E-state index in [9.17, 15) is 9.59 Å². The molecule has 0 aliphatic carbocycles. The number of ether oxygens (including phenoxy) is 1. The maximum atomic E-state index is 10.7. The number of unbranched alkanes of at least 4 members (excludes halogenated alkanes) is 5. The van der Waals surface area contributed by atoms with Gasteiger partial charge in [-0.3, -0.25) is 9.59 Å². The highest BCUT2D eigenvalue weighted by atomic mass is 16.5. The van der Waals surface area contributed by atoms with Crippen LogP contribution in [-0.4, -0.2) is 23.7 Å². The molecule has 0 aliphatic heterocycles. The molecule has 0 amide bonds. The molecular weight excluding hydrogens is 232 g/mol. The molecule has 0 radical (unpaired) electrons. The van der Waals surface area contributed by atoms with Crippen molar-refractivity contribution in [3.05, 3.63) is 0 Å². The van der Waals surface area contributed by atoms with Gasteiger partial charge in [-0.15, -0.1) is 0 Å². The second-order valence-electron chi connectivity index (χ2n) is 4.09. The van der Waals surface area contributed by atoms with Gasteiger partial charge in [-0.25, -0.2) is 0 Å². The lowest BCUT2D eigenvalue weighted by molar-refractivity contribution is -0.143. The normalized spacial score (nSPS) is 9.28. The van der Waals surface area contributed by atoms with E-state index in [1.54, 1.807) is 6.92 Å². The smallest absolute Gasteiger partial charge is 0.305 e. The monoisotopic (exact) mass is 260 g/mol. The minimum absolute atomic E-state index is 0.0754. The van der Waals surface area contributed by atoms with E-state index >= 15 is 0 Å². The van der Waals surface area contributed by atoms with E-state index in [0.29, 0.717) is 13.0 Å². The Morgan fingerprint density at radius 3 is 1.83 bits per heavy atom. The van der Waals surface area contributed by atoms with Gasteiger partial charge in [0.25, 0.3) is 0 Å². The molecule has 0 heterocycles. The number of aliphatic carboxylic acids is 1. The Hall–Kier alpha value is -1.06. The number of carboxylic acids is 1. The minimum Gasteiger partial charge on any atom is -0.481 e. The van der Waals surface area contributed by atoms with Crippen LogP contribution in [0.25, 0.3) is 0 Å². The van der Waals surface area contributed by atoms with Crippen molar-refractivity contribution >= 4 is 11.9 Å². The third-order valence-electron chi connectivity index (χ3n) is 2.35. The molecule has 0 atom stereocenters. The largest absolute Gasteiger partial charge is 0.481 e. The van der Waals surface area contributed by atoms with Gasteiger partial charge >= 0.3 is 11.9 Å². The average molecular weight is 260 g/mol. The van der Waals surface area contributed by atoms with Gasteiger partial charge in [0.2, 0.25) is 0 Å². The van der Waals surface area contributed by atoms with Crippen LogP contribution in [0.2, 0.25) is 0 Å². The van der Waals surface area contributed by atoms with Gasteiger partial charge in [-0.2, -0.15) is 0 Å². The zero-order valence-corrected chi connectivity index (χ0v) is 12.0. The van der Waals surface area contributed by atoms with Crippen molar-refractivity contribution in [3.8, 4) is 0 Å². The Morgan fingerprint density at radius 1 is 0.889 bits per heavy atom. The second kappa shape index (κ2) is 15.9. The summed E-state index contributed by atoms with van der Waals surface area (Å²) in [4.78, 5) is 20.1. The van der Waals surface area contributed by atoms with Gasteiger partial charge in [-0.05, 0) is 6.42 Å². The predicted molar refractivity (Wildman–Crippen MR) is 72.6 cm³/mol. The summed E-state index contributed by atoms with van der Waals surface area (Å²) in [5, 5.41) is 7.72. The molecule has 0 bridgehead atoms. The Bertz CT molecular complexity index is 202. The summed E-state index contributed by atoms with van der Waals surface area (Å²) >= 11 is 0. The first-order valence-electron chi connectivity index (χ1n) is 6.95. The summed E-state index contributed by atoms with van der Waals surface area (Å²) in [7, 11) is 0. The lowest BCUT2D eigenvalue weighted by Crippen LogP contribution is -2.03. The molecule has 4 nitrogen and oxygen atoms in total. The lowest BCUT2D eigenvalue weighted by Gasteiger charge is -2.02. The molecular formula is C14H28O4. The summed E-state index contributed by atoms with van der Waals surface area (Å²) in [6.07, 6.45) is 8.14. The van der Waals surface area contributed by atoms with Crippen molar-refractivity contribution in [1.82, 2.24) is 0 Å². The third-order valence-corrected chi connectivity index (χ3v) is 2.35. The highest BCUT2D eigenvalue weighted by molar-refractivity contribution is 5.68. The fourth-order valence-corrected chi connectivity index (χ4v) is 1.17.